The fourth-order valence-corrected chi connectivity index (χ4v) is 4.38. The smallest absolute Gasteiger partial charge is 0.210 e. The quantitative estimate of drug-likeness (QED) is 0.739. The molecule has 19 heavy (non-hydrogen) atoms. The molecular formula is C15H15NO2S. The lowest BCUT2D eigenvalue weighted by Gasteiger charge is -2.31. The average Bonchev–Trinajstić information content (AvgIpc) is 2.39. The summed E-state index contributed by atoms with van der Waals surface area (Å²) in [6.45, 7) is 3.96. The van der Waals surface area contributed by atoms with Gasteiger partial charge in [0.1, 0.15) is 0 Å². The standard InChI is InChI=1S/C15H15NO2S/c1-10-8-9-14-15(11(10)2)16(3)12-6-4-5-7-13(12)19(14,17)18/h4-9H,1-3H3. The van der Waals surface area contributed by atoms with E-state index >= 15 is 0 Å². The minimum atomic E-state index is -3.42. The van der Waals surface area contributed by atoms with E-state index in [0.717, 1.165) is 22.5 Å². The Bertz CT molecular complexity index is 779. The van der Waals surface area contributed by atoms with Gasteiger partial charge < -0.3 is 4.90 Å². The van der Waals surface area contributed by atoms with Crippen LogP contribution in [0, 0.1) is 13.8 Å². The molecule has 0 aromatic heterocycles. The molecule has 0 bridgehead atoms. The maximum atomic E-state index is 12.7. The van der Waals surface area contributed by atoms with Crippen molar-refractivity contribution in [1.29, 1.82) is 0 Å². The first-order valence-electron chi connectivity index (χ1n) is 6.12. The van der Waals surface area contributed by atoms with E-state index in [-0.39, 0.29) is 0 Å². The van der Waals surface area contributed by atoms with Crippen LogP contribution in [0.15, 0.2) is 46.2 Å². The molecule has 2 aromatic carbocycles. The second kappa shape index (κ2) is 3.84. The predicted octanol–water partition coefficient (Wildman–Crippen LogP) is 3.22. The number of hydrogen-bond acceptors (Lipinski definition) is 3. The van der Waals surface area contributed by atoms with E-state index < -0.39 is 9.84 Å². The molecule has 0 aliphatic carbocycles. The monoisotopic (exact) mass is 273 g/mol. The Labute approximate surface area is 113 Å². The number of nitrogens with zero attached hydrogens (tertiary/aromatic N) is 1. The first kappa shape index (κ1) is 12.2. The summed E-state index contributed by atoms with van der Waals surface area (Å²) in [4.78, 5) is 2.75. The van der Waals surface area contributed by atoms with E-state index in [2.05, 4.69) is 0 Å². The number of benzene rings is 2. The number of fused-ring (bicyclic) bond motifs is 2. The Morgan fingerprint density at radius 2 is 1.63 bits per heavy atom. The summed E-state index contributed by atoms with van der Waals surface area (Å²) < 4.78 is 25.4. The summed E-state index contributed by atoms with van der Waals surface area (Å²) in [6, 6.07) is 10.7. The summed E-state index contributed by atoms with van der Waals surface area (Å²) >= 11 is 0. The lowest BCUT2D eigenvalue weighted by atomic mass is 10.1. The molecule has 0 saturated heterocycles. The second-order valence-electron chi connectivity index (χ2n) is 4.88. The van der Waals surface area contributed by atoms with Gasteiger partial charge >= 0.3 is 0 Å². The molecule has 3 rings (SSSR count). The highest BCUT2D eigenvalue weighted by molar-refractivity contribution is 7.92. The minimum absolute atomic E-state index is 0.383. The zero-order valence-corrected chi connectivity index (χ0v) is 12.0. The molecular weight excluding hydrogens is 258 g/mol. The Kier molecular flexibility index (Phi) is 2.47. The summed E-state index contributed by atoms with van der Waals surface area (Å²) in [6.07, 6.45) is 0. The summed E-state index contributed by atoms with van der Waals surface area (Å²) in [7, 11) is -1.50. The molecule has 1 aliphatic rings. The van der Waals surface area contributed by atoms with Gasteiger partial charge in [-0.1, -0.05) is 18.2 Å². The third-order valence-electron chi connectivity index (χ3n) is 3.81. The molecule has 0 amide bonds. The lowest BCUT2D eigenvalue weighted by Crippen LogP contribution is -2.23. The molecule has 1 heterocycles. The molecule has 0 radical (unpaired) electrons. The first-order valence-corrected chi connectivity index (χ1v) is 7.61. The van der Waals surface area contributed by atoms with Crippen molar-refractivity contribution in [3.05, 3.63) is 47.5 Å². The Balaban J connectivity index is 2.45. The molecule has 0 atom stereocenters. The number of hydrogen-bond donors (Lipinski definition) is 0. The number of aryl methyl sites for hydroxylation is 1. The number of anilines is 2. The lowest BCUT2D eigenvalue weighted by molar-refractivity contribution is 0.594. The van der Waals surface area contributed by atoms with E-state index in [4.69, 9.17) is 0 Å². The van der Waals surface area contributed by atoms with Crippen molar-refractivity contribution in [1.82, 2.24) is 0 Å². The SMILES string of the molecule is Cc1ccc2c(c1C)N(C)c1ccccc1S2(=O)=O. The normalized spacial score (nSPS) is 15.8. The van der Waals surface area contributed by atoms with Crippen LogP contribution in [0.1, 0.15) is 11.1 Å². The molecule has 0 saturated carbocycles. The Morgan fingerprint density at radius 1 is 0.947 bits per heavy atom. The van der Waals surface area contributed by atoms with Gasteiger partial charge in [-0.2, -0.15) is 0 Å². The van der Waals surface area contributed by atoms with Crippen LogP contribution >= 0.6 is 0 Å². The van der Waals surface area contributed by atoms with Crippen LogP contribution in [0.2, 0.25) is 0 Å². The zero-order valence-electron chi connectivity index (χ0n) is 11.1. The van der Waals surface area contributed by atoms with Crippen molar-refractivity contribution in [2.24, 2.45) is 0 Å². The molecule has 0 unspecified atom stereocenters. The van der Waals surface area contributed by atoms with E-state index in [0.29, 0.717) is 9.79 Å². The first-order chi connectivity index (χ1) is 8.94. The third kappa shape index (κ3) is 1.53. The average molecular weight is 273 g/mol. The predicted molar refractivity (Wildman–Crippen MR) is 75.9 cm³/mol. The van der Waals surface area contributed by atoms with Gasteiger partial charge in [0.2, 0.25) is 9.84 Å². The van der Waals surface area contributed by atoms with Gasteiger partial charge in [-0.3, -0.25) is 0 Å². The number of para-hydroxylation sites is 1. The van der Waals surface area contributed by atoms with Crippen molar-refractivity contribution in [3.63, 3.8) is 0 Å². The molecule has 4 heteroatoms. The van der Waals surface area contributed by atoms with Gasteiger partial charge in [-0.05, 0) is 43.2 Å². The summed E-state index contributed by atoms with van der Waals surface area (Å²) in [5, 5.41) is 0. The van der Waals surface area contributed by atoms with Crippen molar-refractivity contribution < 1.29 is 8.42 Å². The van der Waals surface area contributed by atoms with E-state index in [1.165, 1.54) is 0 Å². The van der Waals surface area contributed by atoms with Crippen LogP contribution in [0.3, 0.4) is 0 Å². The van der Waals surface area contributed by atoms with Crippen molar-refractivity contribution in [2.45, 2.75) is 23.6 Å². The third-order valence-corrected chi connectivity index (χ3v) is 5.64. The van der Waals surface area contributed by atoms with E-state index in [1.807, 2.05) is 44.0 Å². The summed E-state index contributed by atoms with van der Waals surface area (Å²) in [5.41, 5.74) is 3.64. The van der Waals surface area contributed by atoms with Gasteiger partial charge in [0.05, 0.1) is 21.2 Å². The molecule has 1 aliphatic heterocycles. The molecule has 0 fully saturated rings. The second-order valence-corrected chi connectivity index (χ2v) is 6.77. The fraction of sp³-hybridized carbons (Fsp3) is 0.200. The van der Waals surface area contributed by atoms with Gasteiger partial charge in [-0.15, -0.1) is 0 Å². The minimum Gasteiger partial charge on any atom is -0.342 e. The number of sulfone groups is 1. The number of rotatable bonds is 0. The van der Waals surface area contributed by atoms with Gasteiger partial charge in [-0.25, -0.2) is 8.42 Å². The molecule has 98 valence electrons. The van der Waals surface area contributed by atoms with E-state index in [9.17, 15) is 8.42 Å². The van der Waals surface area contributed by atoms with Crippen LogP contribution in [0.5, 0.6) is 0 Å². The Morgan fingerprint density at radius 3 is 2.37 bits per heavy atom. The van der Waals surface area contributed by atoms with Crippen LogP contribution in [-0.4, -0.2) is 15.5 Å². The van der Waals surface area contributed by atoms with Gasteiger partial charge in [0.25, 0.3) is 0 Å². The van der Waals surface area contributed by atoms with E-state index in [1.54, 1.807) is 18.2 Å². The maximum Gasteiger partial charge on any atom is 0.210 e. The maximum absolute atomic E-state index is 12.7. The largest absolute Gasteiger partial charge is 0.342 e. The van der Waals surface area contributed by atoms with Crippen LogP contribution in [-0.2, 0) is 9.84 Å². The zero-order chi connectivity index (χ0) is 13.8. The van der Waals surface area contributed by atoms with Crippen LogP contribution in [0.25, 0.3) is 0 Å². The fourth-order valence-electron chi connectivity index (χ4n) is 2.61. The Hall–Kier alpha value is -1.81. The van der Waals surface area contributed by atoms with Gasteiger partial charge in [0.15, 0.2) is 0 Å². The highest BCUT2D eigenvalue weighted by Crippen LogP contribution is 2.45. The van der Waals surface area contributed by atoms with Gasteiger partial charge in [0, 0.05) is 7.05 Å². The highest BCUT2D eigenvalue weighted by atomic mass is 32.2. The molecule has 0 N–H and O–H groups in total. The van der Waals surface area contributed by atoms with Crippen molar-refractivity contribution in [3.8, 4) is 0 Å². The molecule has 3 nitrogen and oxygen atoms in total. The highest BCUT2D eigenvalue weighted by Gasteiger charge is 2.33. The van der Waals surface area contributed by atoms with Crippen molar-refractivity contribution in [2.75, 3.05) is 11.9 Å². The molecule has 0 spiro atoms. The van der Waals surface area contributed by atoms with Crippen molar-refractivity contribution >= 4 is 21.2 Å². The summed E-state index contributed by atoms with van der Waals surface area (Å²) in [5.74, 6) is 0. The van der Waals surface area contributed by atoms with Crippen LogP contribution in [0.4, 0.5) is 11.4 Å². The van der Waals surface area contributed by atoms with Crippen LogP contribution < -0.4 is 4.90 Å². The molecule has 2 aromatic rings. The topological polar surface area (TPSA) is 37.4 Å².